The summed E-state index contributed by atoms with van der Waals surface area (Å²) in [6.45, 7) is 5.49. The Bertz CT molecular complexity index is 1020. The van der Waals surface area contributed by atoms with Crippen LogP contribution in [0.5, 0.6) is 5.75 Å². The van der Waals surface area contributed by atoms with Crippen molar-refractivity contribution in [3.8, 4) is 5.75 Å². The van der Waals surface area contributed by atoms with Crippen LogP contribution in [0.2, 0.25) is 0 Å². The van der Waals surface area contributed by atoms with Gasteiger partial charge in [-0.05, 0) is 84.4 Å². The zero-order valence-corrected chi connectivity index (χ0v) is 19.2. The van der Waals surface area contributed by atoms with Crippen molar-refractivity contribution in [3.63, 3.8) is 0 Å². The van der Waals surface area contributed by atoms with Gasteiger partial charge < -0.3 is 10.1 Å². The van der Waals surface area contributed by atoms with Crippen molar-refractivity contribution in [2.24, 2.45) is 0 Å². The summed E-state index contributed by atoms with van der Waals surface area (Å²) in [6.07, 6.45) is 1.67. The Kier molecular flexibility index (Phi) is 6.99. The largest absolute Gasteiger partial charge is 0.490 e. The number of amides is 3. The average molecular weight is 489 g/mol. The minimum absolute atomic E-state index is 0.0368. The summed E-state index contributed by atoms with van der Waals surface area (Å²) in [5.74, 6) is -0.217. The molecule has 0 aromatic heterocycles. The number of carbonyl (C=O) groups excluding carboxylic acids is 3. The third kappa shape index (κ3) is 5.52. The number of anilines is 1. The highest BCUT2D eigenvalue weighted by Gasteiger charge is 2.36. The van der Waals surface area contributed by atoms with Crippen LogP contribution in [-0.2, 0) is 9.59 Å². The molecule has 156 valence electrons. The highest BCUT2D eigenvalue weighted by atomic mass is 79.9. The number of rotatable bonds is 6. The Morgan fingerprint density at radius 2 is 1.90 bits per heavy atom. The van der Waals surface area contributed by atoms with Crippen LogP contribution in [0.1, 0.15) is 25.0 Å². The second kappa shape index (κ2) is 9.49. The van der Waals surface area contributed by atoms with E-state index in [9.17, 15) is 14.4 Å². The van der Waals surface area contributed by atoms with E-state index in [1.165, 1.54) is 0 Å². The first-order chi connectivity index (χ1) is 14.2. The molecule has 1 saturated heterocycles. The van der Waals surface area contributed by atoms with Crippen molar-refractivity contribution in [3.05, 3.63) is 63.0 Å². The van der Waals surface area contributed by atoms with Crippen LogP contribution < -0.4 is 10.1 Å². The normalized spacial score (nSPS) is 15.2. The zero-order chi connectivity index (χ0) is 21.8. The lowest BCUT2D eigenvalue weighted by molar-refractivity contribution is -0.127. The quantitative estimate of drug-likeness (QED) is 0.564. The van der Waals surface area contributed by atoms with Crippen molar-refractivity contribution in [1.82, 2.24) is 4.90 Å². The van der Waals surface area contributed by atoms with Crippen LogP contribution in [-0.4, -0.2) is 34.6 Å². The minimum atomic E-state index is -0.484. The second-order valence-electron chi connectivity index (χ2n) is 7.04. The fraction of sp³-hybridized carbons (Fsp3) is 0.227. The van der Waals surface area contributed by atoms with Crippen molar-refractivity contribution in [1.29, 1.82) is 0 Å². The van der Waals surface area contributed by atoms with E-state index in [0.717, 1.165) is 32.3 Å². The highest BCUT2D eigenvalue weighted by molar-refractivity contribution is 9.10. The van der Waals surface area contributed by atoms with Gasteiger partial charge >= 0.3 is 0 Å². The molecule has 6 nitrogen and oxygen atoms in total. The lowest BCUT2D eigenvalue weighted by Crippen LogP contribution is -2.36. The zero-order valence-electron chi connectivity index (χ0n) is 16.8. The maximum absolute atomic E-state index is 12.6. The summed E-state index contributed by atoms with van der Waals surface area (Å²) in [5, 5.41) is 2.23. The lowest BCUT2D eigenvalue weighted by Gasteiger charge is -2.12. The first-order valence-electron chi connectivity index (χ1n) is 9.31. The molecule has 1 fully saturated rings. The van der Waals surface area contributed by atoms with E-state index in [-0.39, 0.29) is 17.6 Å². The number of thioether (sulfide) groups is 1. The number of halogens is 1. The molecule has 0 atom stereocenters. The van der Waals surface area contributed by atoms with Crippen LogP contribution in [0.25, 0.3) is 6.08 Å². The molecule has 0 bridgehead atoms. The average Bonchev–Trinajstić information content (AvgIpc) is 2.93. The minimum Gasteiger partial charge on any atom is -0.490 e. The Hall–Kier alpha value is -2.58. The van der Waals surface area contributed by atoms with E-state index in [4.69, 9.17) is 4.74 Å². The molecule has 1 aliphatic rings. The fourth-order valence-electron chi connectivity index (χ4n) is 2.73. The number of hydrogen-bond acceptors (Lipinski definition) is 5. The van der Waals surface area contributed by atoms with E-state index in [2.05, 4.69) is 21.2 Å². The van der Waals surface area contributed by atoms with Crippen LogP contribution in [0.15, 0.2) is 51.8 Å². The van der Waals surface area contributed by atoms with Gasteiger partial charge in [0.2, 0.25) is 5.91 Å². The second-order valence-corrected chi connectivity index (χ2v) is 8.89. The fourth-order valence-corrected chi connectivity index (χ4v) is 4.05. The molecular weight excluding hydrogens is 468 g/mol. The molecule has 1 N–H and O–H groups in total. The van der Waals surface area contributed by atoms with E-state index >= 15 is 0 Å². The van der Waals surface area contributed by atoms with Crippen LogP contribution in [0, 0.1) is 6.92 Å². The maximum Gasteiger partial charge on any atom is 0.294 e. The molecule has 0 radical (unpaired) electrons. The van der Waals surface area contributed by atoms with Crippen LogP contribution in [0.4, 0.5) is 10.5 Å². The molecule has 8 heteroatoms. The van der Waals surface area contributed by atoms with Gasteiger partial charge in [-0.1, -0.05) is 23.8 Å². The predicted molar refractivity (Wildman–Crippen MR) is 122 cm³/mol. The first kappa shape index (κ1) is 22.1. The summed E-state index contributed by atoms with van der Waals surface area (Å²) in [7, 11) is 0. The number of carbonyl (C=O) groups is 3. The van der Waals surface area contributed by atoms with Gasteiger partial charge in [0.05, 0.1) is 15.5 Å². The van der Waals surface area contributed by atoms with Gasteiger partial charge in [0, 0.05) is 5.69 Å². The van der Waals surface area contributed by atoms with Crippen molar-refractivity contribution in [2.75, 3.05) is 11.9 Å². The van der Waals surface area contributed by atoms with Gasteiger partial charge in [0.25, 0.3) is 11.1 Å². The van der Waals surface area contributed by atoms with Gasteiger partial charge in [0.1, 0.15) is 12.3 Å². The molecule has 2 aromatic rings. The Morgan fingerprint density at radius 1 is 1.20 bits per heavy atom. The van der Waals surface area contributed by atoms with Gasteiger partial charge in [0.15, 0.2) is 0 Å². The molecule has 30 heavy (non-hydrogen) atoms. The van der Waals surface area contributed by atoms with Gasteiger partial charge in [-0.3, -0.25) is 19.3 Å². The van der Waals surface area contributed by atoms with Gasteiger partial charge in [-0.25, -0.2) is 0 Å². The number of hydrogen-bond donors (Lipinski definition) is 1. The molecule has 0 saturated carbocycles. The summed E-state index contributed by atoms with van der Waals surface area (Å²) in [6, 6.07) is 12.7. The molecule has 1 heterocycles. The van der Waals surface area contributed by atoms with Gasteiger partial charge in [-0.2, -0.15) is 0 Å². The maximum atomic E-state index is 12.6. The molecule has 0 spiro atoms. The third-order valence-electron chi connectivity index (χ3n) is 4.13. The standard InChI is InChI=1S/C22H21BrN2O4S/c1-13(2)29-18-9-6-15(10-17(18)23)11-19-21(27)25(22(28)30-19)12-20(26)24-16-7-4-14(3)5-8-16/h4-11,13H,12H2,1-3H3,(H,24,26)/b19-11-. The molecule has 2 aromatic carbocycles. The monoisotopic (exact) mass is 488 g/mol. The number of nitrogens with one attached hydrogen (secondary N) is 1. The molecule has 1 aliphatic heterocycles. The molecular formula is C22H21BrN2O4S. The summed E-state index contributed by atoms with van der Waals surface area (Å²) < 4.78 is 6.43. The van der Waals surface area contributed by atoms with Crippen LogP contribution in [0.3, 0.4) is 0 Å². The summed E-state index contributed by atoms with van der Waals surface area (Å²) in [5.41, 5.74) is 2.42. The molecule has 3 rings (SSSR count). The molecule has 0 unspecified atom stereocenters. The SMILES string of the molecule is Cc1ccc(NC(=O)CN2C(=O)S/C(=C\c3ccc(OC(C)C)c(Br)c3)C2=O)cc1. The van der Waals surface area contributed by atoms with E-state index < -0.39 is 17.1 Å². The van der Waals surface area contributed by atoms with E-state index in [1.807, 2.05) is 39.0 Å². The summed E-state index contributed by atoms with van der Waals surface area (Å²) >= 11 is 4.28. The van der Waals surface area contributed by atoms with E-state index in [0.29, 0.717) is 11.4 Å². The smallest absolute Gasteiger partial charge is 0.294 e. The first-order valence-corrected chi connectivity index (χ1v) is 10.9. The lowest BCUT2D eigenvalue weighted by atomic mass is 10.2. The van der Waals surface area contributed by atoms with Crippen molar-refractivity contribution in [2.45, 2.75) is 26.9 Å². The van der Waals surface area contributed by atoms with Gasteiger partial charge in [-0.15, -0.1) is 0 Å². The van der Waals surface area contributed by atoms with Crippen LogP contribution >= 0.6 is 27.7 Å². The number of benzene rings is 2. The number of imide groups is 1. The third-order valence-corrected chi connectivity index (χ3v) is 5.65. The number of nitrogens with zero attached hydrogens (tertiary/aromatic N) is 1. The summed E-state index contributed by atoms with van der Waals surface area (Å²) in [4.78, 5) is 38.4. The molecule has 3 amide bonds. The Labute approximate surface area is 187 Å². The number of ether oxygens (including phenoxy) is 1. The number of aryl methyl sites for hydroxylation is 1. The Morgan fingerprint density at radius 3 is 2.53 bits per heavy atom. The predicted octanol–water partition coefficient (Wildman–Crippen LogP) is 5.22. The topological polar surface area (TPSA) is 75.7 Å². The highest BCUT2D eigenvalue weighted by Crippen LogP contribution is 2.34. The van der Waals surface area contributed by atoms with Crippen molar-refractivity contribution < 1.29 is 19.1 Å². The Balaban J connectivity index is 1.68. The van der Waals surface area contributed by atoms with E-state index in [1.54, 1.807) is 30.3 Å². The molecule has 0 aliphatic carbocycles. The van der Waals surface area contributed by atoms with Crippen molar-refractivity contribution >= 4 is 56.5 Å².